The normalized spacial score (nSPS) is 22.3. The van der Waals surface area contributed by atoms with Gasteiger partial charge in [-0.1, -0.05) is 12.1 Å². The minimum atomic E-state index is -1.23. The molecule has 9 heteroatoms. The van der Waals surface area contributed by atoms with Crippen LogP contribution in [-0.2, 0) is 19.1 Å². The van der Waals surface area contributed by atoms with E-state index in [9.17, 15) is 19.2 Å². The van der Waals surface area contributed by atoms with Crippen molar-refractivity contribution in [3.05, 3.63) is 29.8 Å². The standard InChI is InChI=1S/C18H21N3O6/c1-18-8-7-15(23)21(18)13-6-4-3-5-11(13)16(24)20(18)9-14(22)19-12(10-27-2)17(25)26/h3-6,12H,7-10H2,1-2H3,(H,19,22)(H,25,26). The van der Waals surface area contributed by atoms with Crippen molar-refractivity contribution in [3.8, 4) is 0 Å². The molecule has 3 rings (SSSR count). The van der Waals surface area contributed by atoms with Gasteiger partial charge in [0.1, 0.15) is 12.2 Å². The maximum Gasteiger partial charge on any atom is 0.328 e. The number of fused-ring (bicyclic) bond motifs is 3. The molecule has 1 aromatic rings. The fourth-order valence-corrected chi connectivity index (χ4v) is 3.67. The second kappa shape index (κ2) is 6.99. The molecule has 0 bridgehead atoms. The summed E-state index contributed by atoms with van der Waals surface area (Å²) in [4.78, 5) is 52.0. The van der Waals surface area contributed by atoms with Gasteiger partial charge >= 0.3 is 5.97 Å². The Hall–Kier alpha value is -2.94. The predicted molar refractivity (Wildman–Crippen MR) is 94.0 cm³/mol. The second-order valence-corrected chi connectivity index (χ2v) is 6.77. The summed E-state index contributed by atoms with van der Waals surface area (Å²) < 4.78 is 4.80. The van der Waals surface area contributed by atoms with Crippen molar-refractivity contribution in [2.24, 2.45) is 0 Å². The van der Waals surface area contributed by atoms with Crippen LogP contribution in [-0.4, -0.2) is 65.7 Å². The third-order valence-corrected chi connectivity index (χ3v) is 5.01. The lowest BCUT2D eigenvalue weighted by Crippen LogP contribution is -2.64. The molecular weight excluding hydrogens is 354 g/mol. The van der Waals surface area contributed by atoms with Crippen LogP contribution in [0.5, 0.6) is 0 Å². The van der Waals surface area contributed by atoms with E-state index in [4.69, 9.17) is 9.84 Å². The molecule has 2 atom stereocenters. The summed E-state index contributed by atoms with van der Waals surface area (Å²) >= 11 is 0. The fraction of sp³-hybridized carbons (Fsp3) is 0.444. The number of carboxylic acid groups (broad SMARTS) is 1. The van der Waals surface area contributed by atoms with Crippen LogP contribution >= 0.6 is 0 Å². The molecule has 0 aromatic heterocycles. The largest absolute Gasteiger partial charge is 0.480 e. The van der Waals surface area contributed by atoms with E-state index in [1.165, 1.54) is 12.0 Å². The minimum Gasteiger partial charge on any atom is -0.480 e. The molecule has 0 saturated carbocycles. The number of para-hydroxylation sites is 1. The van der Waals surface area contributed by atoms with Gasteiger partial charge in [0.15, 0.2) is 6.04 Å². The summed E-state index contributed by atoms with van der Waals surface area (Å²) in [5.41, 5.74) is -0.100. The van der Waals surface area contributed by atoms with E-state index in [1.807, 2.05) is 0 Å². The Labute approximate surface area is 155 Å². The number of amides is 3. The van der Waals surface area contributed by atoms with Gasteiger partial charge < -0.3 is 20.1 Å². The Balaban J connectivity index is 1.89. The van der Waals surface area contributed by atoms with Crippen molar-refractivity contribution in [2.75, 3.05) is 25.2 Å². The molecule has 2 aliphatic rings. The van der Waals surface area contributed by atoms with E-state index in [1.54, 1.807) is 36.1 Å². The average Bonchev–Trinajstić information content (AvgIpc) is 2.94. The molecule has 1 fully saturated rings. The number of carbonyl (C=O) groups excluding carboxylic acids is 3. The number of hydrogen-bond donors (Lipinski definition) is 2. The molecule has 27 heavy (non-hydrogen) atoms. The van der Waals surface area contributed by atoms with Gasteiger partial charge in [-0.15, -0.1) is 0 Å². The van der Waals surface area contributed by atoms with Gasteiger partial charge in [0.25, 0.3) is 5.91 Å². The van der Waals surface area contributed by atoms with Crippen molar-refractivity contribution in [1.29, 1.82) is 0 Å². The number of anilines is 1. The summed E-state index contributed by atoms with van der Waals surface area (Å²) in [6.07, 6.45) is 0.650. The summed E-state index contributed by atoms with van der Waals surface area (Å²) in [5.74, 6) is -2.35. The first-order valence-corrected chi connectivity index (χ1v) is 8.54. The number of hydrogen-bond acceptors (Lipinski definition) is 5. The SMILES string of the molecule is COCC(NC(=O)CN1C(=O)c2ccccc2N2C(=O)CCC12C)C(=O)O. The molecule has 9 nitrogen and oxygen atoms in total. The van der Waals surface area contributed by atoms with Crippen LogP contribution in [0.2, 0.25) is 0 Å². The molecule has 144 valence electrons. The van der Waals surface area contributed by atoms with Crippen LogP contribution < -0.4 is 10.2 Å². The third-order valence-electron chi connectivity index (χ3n) is 5.01. The van der Waals surface area contributed by atoms with E-state index in [0.717, 1.165) is 0 Å². The van der Waals surface area contributed by atoms with Crippen LogP contribution in [0, 0.1) is 0 Å². The van der Waals surface area contributed by atoms with Gasteiger partial charge in [-0.05, 0) is 25.5 Å². The van der Waals surface area contributed by atoms with Crippen LogP contribution in [0.25, 0.3) is 0 Å². The molecule has 2 N–H and O–H groups in total. The molecule has 2 heterocycles. The smallest absolute Gasteiger partial charge is 0.328 e. The topological polar surface area (TPSA) is 116 Å². The fourth-order valence-electron chi connectivity index (χ4n) is 3.67. The zero-order valence-corrected chi connectivity index (χ0v) is 15.1. The van der Waals surface area contributed by atoms with Gasteiger partial charge in [-0.25, -0.2) is 4.79 Å². The minimum absolute atomic E-state index is 0.120. The highest BCUT2D eigenvalue weighted by Crippen LogP contribution is 2.43. The molecule has 3 amide bonds. The van der Waals surface area contributed by atoms with Crippen molar-refractivity contribution in [3.63, 3.8) is 0 Å². The zero-order valence-electron chi connectivity index (χ0n) is 15.1. The molecule has 1 saturated heterocycles. The highest BCUT2D eigenvalue weighted by Gasteiger charge is 2.53. The van der Waals surface area contributed by atoms with Gasteiger partial charge in [0, 0.05) is 13.5 Å². The van der Waals surface area contributed by atoms with Gasteiger partial charge in [-0.2, -0.15) is 0 Å². The second-order valence-electron chi connectivity index (χ2n) is 6.77. The molecule has 2 unspecified atom stereocenters. The monoisotopic (exact) mass is 375 g/mol. The first-order valence-electron chi connectivity index (χ1n) is 8.54. The van der Waals surface area contributed by atoms with Crippen LogP contribution in [0.4, 0.5) is 5.69 Å². The zero-order chi connectivity index (χ0) is 19.8. The molecule has 0 spiro atoms. The Morgan fingerprint density at radius 2 is 2.04 bits per heavy atom. The number of methoxy groups -OCH3 is 1. The number of carbonyl (C=O) groups is 4. The molecule has 0 aliphatic carbocycles. The number of ether oxygens (including phenoxy) is 1. The van der Waals surface area contributed by atoms with Crippen molar-refractivity contribution in [1.82, 2.24) is 10.2 Å². The Morgan fingerprint density at radius 3 is 2.70 bits per heavy atom. The number of aliphatic carboxylic acids is 1. The highest BCUT2D eigenvalue weighted by molar-refractivity contribution is 6.11. The highest BCUT2D eigenvalue weighted by atomic mass is 16.5. The summed E-state index contributed by atoms with van der Waals surface area (Å²) in [6, 6.07) is 5.55. The van der Waals surface area contributed by atoms with Crippen molar-refractivity contribution in [2.45, 2.75) is 31.5 Å². The lowest BCUT2D eigenvalue weighted by molar-refractivity contribution is -0.143. The van der Waals surface area contributed by atoms with E-state index in [-0.39, 0.29) is 31.4 Å². The number of nitrogens with one attached hydrogen (secondary N) is 1. The van der Waals surface area contributed by atoms with Gasteiger partial charge in [0.05, 0.1) is 17.9 Å². The maximum absolute atomic E-state index is 13.0. The van der Waals surface area contributed by atoms with E-state index in [2.05, 4.69) is 5.32 Å². The van der Waals surface area contributed by atoms with E-state index >= 15 is 0 Å². The van der Waals surface area contributed by atoms with Crippen LogP contribution in [0.1, 0.15) is 30.1 Å². The van der Waals surface area contributed by atoms with Gasteiger partial charge in [0.2, 0.25) is 11.8 Å². The number of carboxylic acids is 1. The summed E-state index contributed by atoms with van der Waals surface area (Å²) in [5, 5.41) is 11.5. The maximum atomic E-state index is 13.0. The van der Waals surface area contributed by atoms with E-state index in [0.29, 0.717) is 17.7 Å². The Morgan fingerprint density at radius 1 is 1.33 bits per heavy atom. The van der Waals surface area contributed by atoms with Crippen molar-refractivity contribution < 1.29 is 29.0 Å². The third kappa shape index (κ3) is 3.14. The Bertz CT molecular complexity index is 810. The predicted octanol–water partition coefficient (Wildman–Crippen LogP) is 0.201. The molecule has 2 aliphatic heterocycles. The quantitative estimate of drug-likeness (QED) is 0.734. The Kier molecular flexibility index (Phi) is 4.88. The summed E-state index contributed by atoms with van der Waals surface area (Å²) in [7, 11) is 1.33. The molecule has 0 radical (unpaired) electrons. The lowest BCUT2D eigenvalue weighted by atomic mass is 9.98. The van der Waals surface area contributed by atoms with Crippen LogP contribution in [0.15, 0.2) is 24.3 Å². The van der Waals surface area contributed by atoms with E-state index < -0.39 is 23.6 Å². The summed E-state index contributed by atoms with van der Waals surface area (Å²) in [6.45, 7) is 1.18. The van der Waals surface area contributed by atoms with Crippen LogP contribution in [0.3, 0.4) is 0 Å². The van der Waals surface area contributed by atoms with Crippen molar-refractivity contribution >= 4 is 29.4 Å². The number of rotatable bonds is 6. The number of benzene rings is 1. The molecule has 1 aromatic carbocycles. The number of nitrogens with zero attached hydrogens (tertiary/aromatic N) is 2. The average molecular weight is 375 g/mol. The first-order chi connectivity index (χ1) is 12.8. The molecular formula is C18H21N3O6. The first kappa shape index (κ1) is 18.8. The van der Waals surface area contributed by atoms with Gasteiger partial charge in [-0.3, -0.25) is 19.3 Å². The lowest BCUT2D eigenvalue weighted by Gasteiger charge is -2.48.